The van der Waals surface area contributed by atoms with Crippen molar-refractivity contribution in [1.29, 1.82) is 0 Å². The molecule has 0 saturated heterocycles. The average Bonchev–Trinajstić information content (AvgIpc) is 2.73. The molecule has 0 amide bonds. The molecule has 1 aromatic heterocycles. The van der Waals surface area contributed by atoms with Gasteiger partial charge in [0.25, 0.3) is 0 Å². The Morgan fingerprint density at radius 2 is 2.22 bits per heavy atom. The van der Waals surface area contributed by atoms with E-state index in [1.807, 2.05) is 0 Å². The highest BCUT2D eigenvalue weighted by molar-refractivity contribution is 9.10. The van der Waals surface area contributed by atoms with Crippen LogP contribution in [0.5, 0.6) is 0 Å². The fraction of sp³-hybridized carbons (Fsp3) is 0.692. The van der Waals surface area contributed by atoms with Crippen LogP contribution in [0.2, 0.25) is 0 Å². The molecule has 0 aromatic carbocycles. The minimum Gasteiger partial charge on any atom is -0.383 e. The van der Waals surface area contributed by atoms with Gasteiger partial charge < -0.3 is 4.74 Å². The Bertz CT molecular complexity index is 377. The van der Waals surface area contributed by atoms with Crippen molar-refractivity contribution in [2.45, 2.75) is 45.6 Å². The monoisotopic (exact) mass is 316 g/mol. The zero-order valence-corrected chi connectivity index (χ0v) is 12.7. The highest BCUT2D eigenvalue weighted by Gasteiger charge is 2.16. The van der Waals surface area contributed by atoms with Crippen molar-refractivity contribution in [3.8, 4) is 0 Å². The Morgan fingerprint density at radius 1 is 1.44 bits per heavy atom. The zero-order valence-electron chi connectivity index (χ0n) is 11.1. The van der Waals surface area contributed by atoms with Crippen LogP contribution >= 0.6 is 15.9 Å². The number of carbonyl (C=O) groups is 1. The number of unbranched alkanes of at least 4 members (excludes halogenated alkanes) is 3. The largest absolute Gasteiger partial charge is 0.383 e. The van der Waals surface area contributed by atoms with E-state index in [1.54, 1.807) is 18.0 Å². The number of methoxy groups -OCH3 is 1. The first-order valence-electron chi connectivity index (χ1n) is 6.44. The molecule has 0 atom stereocenters. The Morgan fingerprint density at radius 3 is 2.89 bits per heavy atom. The van der Waals surface area contributed by atoms with Gasteiger partial charge in [-0.15, -0.1) is 0 Å². The van der Waals surface area contributed by atoms with Gasteiger partial charge in [0, 0.05) is 13.5 Å². The highest BCUT2D eigenvalue weighted by atomic mass is 79.9. The predicted molar refractivity (Wildman–Crippen MR) is 74.9 cm³/mol. The average molecular weight is 317 g/mol. The van der Waals surface area contributed by atoms with Gasteiger partial charge in [0.1, 0.15) is 5.69 Å². The molecule has 5 heteroatoms. The van der Waals surface area contributed by atoms with E-state index in [4.69, 9.17) is 4.74 Å². The van der Waals surface area contributed by atoms with Crippen molar-refractivity contribution in [3.63, 3.8) is 0 Å². The second-order valence-electron chi connectivity index (χ2n) is 4.29. The number of ether oxygens (including phenoxy) is 1. The van der Waals surface area contributed by atoms with Crippen LogP contribution in [0.1, 0.15) is 49.5 Å². The van der Waals surface area contributed by atoms with Gasteiger partial charge in [-0.05, 0) is 22.4 Å². The molecular weight excluding hydrogens is 296 g/mol. The smallest absolute Gasteiger partial charge is 0.182 e. The third-order valence-corrected chi connectivity index (χ3v) is 3.40. The Kier molecular flexibility index (Phi) is 7.20. The third kappa shape index (κ3) is 4.53. The van der Waals surface area contributed by atoms with Crippen LogP contribution in [0.4, 0.5) is 0 Å². The van der Waals surface area contributed by atoms with E-state index in [9.17, 15) is 4.79 Å². The number of carbonyl (C=O) groups excluding carboxylic acids is 1. The van der Waals surface area contributed by atoms with E-state index in [1.165, 1.54) is 12.8 Å². The van der Waals surface area contributed by atoms with E-state index >= 15 is 0 Å². The molecule has 18 heavy (non-hydrogen) atoms. The topological polar surface area (TPSA) is 44.1 Å². The summed E-state index contributed by atoms with van der Waals surface area (Å²) < 4.78 is 7.51. The number of ketones is 1. The maximum Gasteiger partial charge on any atom is 0.182 e. The van der Waals surface area contributed by atoms with Crippen LogP contribution in [0, 0.1) is 0 Å². The first-order valence-corrected chi connectivity index (χ1v) is 7.23. The molecule has 0 spiro atoms. The Labute approximate surface area is 117 Å². The van der Waals surface area contributed by atoms with Crippen LogP contribution in [0.25, 0.3) is 0 Å². The summed E-state index contributed by atoms with van der Waals surface area (Å²) >= 11 is 3.39. The second kappa shape index (κ2) is 8.43. The minimum atomic E-state index is 0.159. The number of hydrogen-bond acceptors (Lipinski definition) is 3. The van der Waals surface area contributed by atoms with Crippen molar-refractivity contribution in [2.24, 2.45) is 0 Å². The maximum atomic E-state index is 12.1. The second-order valence-corrected chi connectivity index (χ2v) is 5.15. The SMILES string of the molecule is CCCCCCC(=O)c1c(Br)cnn1CCOC. The summed E-state index contributed by atoms with van der Waals surface area (Å²) in [5.74, 6) is 0.159. The molecule has 0 saturated carbocycles. The van der Waals surface area contributed by atoms with Crippen molar-refractivity contribution >= 4 is 21.7 Å². The van der Waals surface area contributed by atoms with Crippen molar-refractivity contribution in [1.82, 2.24) is 9.78 Å². The molecule has 0 fully saturated rings. The zero-order chi connectivity index (χ0) is 13.4. The van der Waals surface area contributed by atoms with Crippen molar-refractivity contribution in [3.05, 3.63) is 16.4 Å². The van der Waals surface area contributed by atoms with E-state index < -0.39 is 0 Å². The number of halogens is 1. The molecule has 4 nitrogen and oxygen atoms in total. The molecule has 1 rings (SSSR count). The van der Waals surface area contributed by atoms with E-state index in [0.29, 0.717) is 25.3 Å². The molecule has 0 N–H and O–H groups in total. The standard InChI is InChI=1S/C13H21BrN2O2/c1-3-4-5-6-7-12(17)13-11(14)10-15-16(13)8-9-18-2/h10H,3-9H2,1-2H3. The molecule has 0 unspecified atom stereocenters. The van der Waals surface area contributed by atoms with E-state index in [2.05, 4.69) is 28.0 Å². The molecule has 1 aromatic rings. The van der Waals surface area contributed by atoms with E-state index in [-0.39, 0.29) is 5.78 Å². The summed E-state index contributed by atoms with van der Waals surface area (Å²) in [6.07, 6.45) is 6.72. The van der Waals surface area contributed by atoms with Gasteiger partial charge >= 0.3 is 0 Å². The van der Waals surface area contributed by atoms with Gasteiger partial charge in [0.2, 0.25) is 0 Å². The van der Waals surface area contributed by atoms with Crippen LogP contribution in [0.15, 0.2) is 10.7 Å². The van der Waals surface area contributed by atoms with Gasteiger partial charge in [0.15, 0.2) is 5.78 Å². The van der Waals surface area contributed by atoms with Crippen LogP contribution in [-0.2, 0) is 11.3 Å². The minimum absolute atomic E-state index is 0.159. The lowest BCUT2D eigenvalue weighted by Crippen LogP contribution is -2.14. The summed E-state index contributed by atoms with van der Waals surface area (Å²) in [6.45, 7) is 3.33. The van der Waals surface area contributed by atoms with Crippen LogP contribution in [0.3, 0.4) is 0 Å². The lowest BCUT2D eigenvalue weighted by molar-refractivity contribution is 0.0964. The number of rotatable bonds is 9. The lowest BCUT2D eigenvalue weighted by Gasteiger charge is -2.06. The maximum absolute atomic E-state index is 12.1. The fourth-order valence-electron chi connectivity index (χ4n) is 1.82. The Balaban J connectivity index is 2.57. The third-order valence-electron chi connectivity index (χ3n) is 2.82. The highest BCUT2D eigenvalue weighted by Crippen LogP contribution is 2.19. The van der Waals surface area contributed by atoms with Crippen molar-refractivity contribution < 1.29 is 9.53 Å². The van der Waals surface area contributed by atoms with Gasteiger partial charge in [-0.1, -0.05) is 26.2 Å². The first kappa shape index (κ1) is 15.4. The fourth-order valence-corrected chi connectivity index (χ4v) is 2.34. The van der Waals surface area contributed by atoms with Gasteiger partial charge in [-0.25, -0.2) is 0 Å². The summed E-state index contributed by atoms with van der Waals surface area (Å²) in [4.78, 5) is 12.1. The predicted octanol–water partition coefficient (Wildman–Crippen LogP) is 3.45. The number of aromatic nitrogens is 2. The summed E-state index contributed by atoms with van der Waals surface area (Å²) in [5.41, 5.74) is 0.670. The van der Waals surface area contributed by atoms with Crippen LogP contribution < -0.4 is 0 Å². The summed E-state index contributed by atoms with van der Waals surface area (Å²) in [5, 5.41) is 4.19. The van der Waals surface area contributed by atoms with Crippen LogP contribution in [-0.4, -0.2) is 29.3 Å². The molecule has 0 bridgehead atoms. The lowest BCUT2D eigenvalue weighted by atomic mass is 10.1. The summed E-state index contributed by atoms with van der Waals surface area (Å²) in [7, 11) is 1.64. The Hall–Kier alpha value is -0.680. The molecule has 102 valence electrons. The number of nitrogens with zero attached hydrogens (tertiary/aromatic N) is 2. The van der Waals surface area contributed by atoms with Gasteiger partial charge in [-0.2, -0.15) is 5.10 Å². The number of Topliss-reactive ketones (excluding diaryl/α,β-unsaturated/α-hetero) is 1. The molecular formula is C13H21BrN2O2. The molecule has 0 aliphatic rings. The summed E-state index contributed by atoms with van der Waals surface area (Å²) in [6, 6.07) is 0. The van der Waals surface area contributed by atoms with E-state index in [0.717, 1.165) is 17.3 Å². The molecule has 0 radical (unpaired) electrons. The van der Waals surface area contributed by atoms with Gasteiger partial charge in [0.05, 0.1) is 23.8 Å². The van der Waals surface area contributed by atoms with Gasteiger partial charge in [-0.3, -0.25) is 9.48 Å². The molecule has 1 heterocycles. The quantitative estimate of drug-likeness (QED) is 0.517. The molecule has 0 aliphatic carbocycles. The first-order chi connectivity index (χ1) is 8.70. The molecule has 0 aliphatic heterocycles. The van der Waals surface area contributed by atoms with Crippen molar-refractivity contribution in [2.75, 3.05) is 13.7 Å². The normalized spacial score (nSPS) is 10.8. The number of hydrogen-bond donors (Lipinski definition) is 0.